The van der Waals surface area contributed by atoms with Crippen LogP contribution in [0.2, 0.25) is 0 Å². The molecule has 0 nitrogen and oxygen atoms in total. The highest BCUT2D eigenvalue weighted by atomic mass is 14.0. The van der Waals surface area contributed by atoms with Gasteiger partial charge in [-0.2, -0.15) is 0 Å². The average molecular weight is 279 g/mol. The zero-order chi connectivity index (χ0) is 14.7. The largest absolute Gasteiger partial charge is 0.103 e. The third kappa shape index (κ3) is 17.6. The van der Waals surface area contributed by atoms with E-state index in [4.69, 9.17) is 0 Å². The van der Waals surface area contributed by atoms with Crippen molar-refractivity contribution in [2.24, 2.45) is 0 Å². The summed E-state index contributed by atoms with van der Waals surface area (Å²) in [6, 6.07) is 0. The normalized spacial score (nSPS) is 10.3. The van der Waals surface area contributed by atoms with Gasteiger partial charge in [-0.15, -0.1) is 11.8 Å². The van der Waals surface area contributed by atoms with Crippen LogP contribution in [0.5, 0.6) is 0 Å². The molecule has 0 rings (SSSR count). The van der Waals surface area contributed by atoms with Crippen LogP contribution >= 0.6 is 0 Å². The van der Waals surface area contributed by atoms with Crippen LogP contribution in [-0.4, -0.2) is 0 Å². The summed E-state index contributed by atoms with van der Waals surface area (Å²) in [7, 11) is 0. The molecular formula is C20H38. The molecule has 0 N–H and O–H groups in total. The minimum atomic E-state index is 1.12. The van der Waals surface area contributed by atoms with Gasteiger partial charge in [-0.1, -0.05) is 90.9 Å². The maximum atomic E-state index is 3.34. The molecule has 0 fully saturated rings. The molecule has 0 aliphatic heterocycles. The van der Waals surface area contributed by atoms with Gasteiger partial charge in [0.1, 0.15) is 0 Å². The number of hydrogen-bond donors (Lipinski definition) is 0. The fourth-order valence-electron chi connectivity index (χ4n) is 2.52. The first kappa shape index (κ1) is 19.6. The van der Waals surface area contributed by atoms with Gasteiger partial charge in [0.15, 0.2) is 0 Å². The molecule has 118 valence electrons. The molecule has 20 heavy (non-hydrogen) atoms. The summed E-state index contributed by atoms with van der Waals surface area (Å²) in [6.45, 7) is 4.55. The zero-order valence-corrected chi connectivity index (χ0v) is 14.3. The molecule has 0 aliphatic rings. The molecule has 0 heteroatoms. The van der Waals surface area contributed by atoms with Gasteiger partial charge in [0, 0.05) is 12.8 Å². The summed E-state index contributed by atoms with van der Waals surface area (Å²) in [4.78, 5) is 0. The maximum absolute atomic E-state index is 3.34. The third-order valence-electron chi connectivity index (χ3n) is 3.94. The van der Waals surface area contributed by atoms with E-state index >= 15 is 0 Å². The van der Waals surface area contributed by atoms with Crippen molar-refractivity contribution < 1.29 is 0 Å². The van der Waals surface area contributed by atoms with Crippen LogP contribution in [-0.2, 0) is 0 Å². The molecule has 0 aliphatic carbocycles. The predicted octanol–water partition coefficient (Wildman–Crippen LogP) is 7.27. The Morgan fingerprint density at radius 3 is 1.10 bits per heavy atom. The Bertz CT molecular complexity index is 218. The molecule has 0 aromatic carbocycles. The second-order valence-electron chi connectivity index (χ2n) is 6.10. The van der Waals surface area contributed by atoms with E-state index in [0.29, 0.717) is 0 Å². The quantitative estimate of drug-likeness (QED) is 0.231. The topological polar surface area (TPSA) is 0 Å². The van der Waals surface area contributed by atoms with Crippen LogP contribution in [0.3, 0.4) is 0 Å². The smallest absolute Gasteiger partial charge is 0.00886 e. The average Bonchev–Trinajstić information content (AvgIpc) is 2.47. The first-order chi connectivity index (χ1) is 9.91. The van der Waals surface area contributed by atoms with Gasteiger partial charge in [0.2, 0.25) is 0 Å². The summed E-state index contributed by atoms with van der Waals surface area (Å²) in [5.74, 6) is 6.66. The van der Waals surface area contributed by atoms with E-state index in [9.17, 15) is 0 Å². The standard InChI is InChI=1S/C20H38/c1-3-5-7-9-11-13-15-17-19-20-18-16-14-12-10-8-6-4-2/h3-13,15,17-20H2,1-2H3. The lowest BCUT2D eigenvalue weighted by molar-refractivity contribution is 0.558. The van der Waals surface area contributed by atoms with E-state index < -0.39 is 0 Å². The molecule has 0 heterocycles. The lowest BCUT2D eigenvalue weighted by Gasteiger charge is -2.00. The maximum Gasteiger partial charge on any atom is 0.00886 e. The summed E-state index contributed by atoms with van der Waals surface area (Å²) in [5, 5.41) is 0. The highest BCUT2D eigenvalue weighted by Gasteiger charge is 1.91. The van der Waals surface area contributed by atoms with Crippen LogP contribution in [0.25, 0.3) is 0 Å². The molecule has 0 unspecified atom stereocenters. The van der Waals surface area contributed by atoms with Crippen LogP contribution in [0.15, 0.2) is 0 Å². The molecule has 0 spiro atoms. The number of rotatable bonds is 14. The van der Waals surface area contributed by atoms with Crippen LogP contribution in [0, 0.1) is 11.8 Å². The summed E-state index contributed by atoms with van der Waals surface area (Å²) < 4.78 is 0. The molecular weight excluding hydrogens is 240 g/mol. The van der Waals surface area contributed by atoms with Crippen molar-refractivity contribution in [3.8, 4) is 11.8 Å². The van der Waals surface area contributed by atoms with E-state index in [1.165, 1.54) is 89.9 Å². The van der Waals surface area contributed by atoms with Crippen molar-refractivity contribution in [1.29, 1.82) is 0 Å². The van der Waals surface area contributed by atoms with Crippen molar-refractivity contribution in [3.63, 3.8) is 0 Å². The van der Waals surface area contributed by atoms with Gasteiger partial charge >= 0.3 is 0 Å². The van der Waals surface area contributed by atoms with Crippen molar-refractivity contribution in [3.05, 3.63) is 0 Å². The highest BCUT2D eigenvalue weighted by molar-refractivity contribution is 4.98. The summed E-state index contributed by atoms with van der Waals surface area (Å²) >= 11 is 0. The lowest BCUT2D eigenvalue weighted by Crippen LogP contribution is -1.81. The Hall–Kier alpha value is -0.440. The minimum Gasteiger partial charge on any atom is -0.103 e. The van der Waals surface area contributed by atoms with Gasteiger partial charge in [-0.05, 0) is 12.8 Å². The summed E-state index contributed by atoms with van der Waals surface area (Å²) in [5.41, 5.74) is 0. The van der Waals surface area contributed by atoms with E-state index in [0.717, 1.165) is 12.8 Å². The Morgan fingerprint density at radius 2 is 0.700 bits per heavy atom. The van der Waals surface area contributed by atoms with E-state index in [-0.39, 0.29) is 0 Å². The van der Waals surface area contributed by atoms with Gasteiger partial charge in [0.25, 0.3) is 0 Å². The van der Waals surface area contributed by atoms with Crippen LogP contribution < -0.4 is 0 Å². The van der Waals surface area contributed by atoms with Crippen molar-refractivity contribution >= 4 is 0 Å². The van der Waals surface area contributed by atoms with E-state index in [1.54, 1.807) is 0 Å². The molecule has 0 aromatic heterocycles. The van der Waals surface area contributed by atoms with Gasteiger partial charge in [-0.3, -0.25) is 0 Å². The monoisotopic (exact) mass is 278 g/mol. The Labute approximate surface area is 129 Å². The highest BCUT2D eigenvalue weighted by Crippen LogP contribution is 2.11. The second kappa shape index (κ2) is 18.6. The Morgan fingerprint density at radius 1 is 0.400 bits per heavy atom. The van der Waals surface area contributed by atoms with Crippen molar-refractivity contribution in [1.82, 2.24) is 0 Å². The van der Waals surface area contributed by atoms with E-state index in [2.05, 4.69) is 25.7 Å². The molecule has 0 atom stereocenters. The van der Waals surface area contributed by atoms with Gasteiger partial charge in [0.05, 0.1) is 0 Å². The third-order valence-corrected chi connectivity index (χ3v) is 3.94. The fourth-order valence-corrected chi connectivity index (χ4v) is 2.52. The van der Waals surface area contributed by atoms with Crippen molar-refractivity contribution in [2.45, 2.75) is 117 Å². The molecule has 0 amide bonds. The van der Waals surface area contributed by atoms with Crippen molar-refractivity contribution in [2.75, 3.05) is 0 Å². The Kier molecular flexibility index (Phi) is 18.2. The molecule has 0 bridgehead atoms. The predicted molar refractivity (Wildman–Crippen MR) is 93.0 cm³/mol. The number of hydrogen-bond acceptors (Lipinski definition) is 0. The molecule has 0 saturated carbocycles. The van der Waals surface area contributed by atoms with Crippen LogP contribution in [0.1, 0.15) is 117 Å². The summed E-state index contributed by atoms with van der Waals surface area (Å²) in [6.07, 6.45) is 21.8. The minimum absolute atomic E-state index is 1.12. The number of unbranched alkanes of at least 4 members (excludes halogenated alkanes) is 14. The lowest BCUT2D eigenvalue weighted by atomic mass is 10.1. The van der Waals surface area contributed by atoms with Gasteiger partial charge < -0.3 is 0 Å². The SMILES string of the molecule is CCCCCCC#CCCCCCCCCCCCC. The second-order valence-corrected chi connectivity index (χ2v) is 6.10. The van der Waals surface area contributed by atoms with Crippen LogP contribution in [0.4, 0.5) is 0 Å². The molecule has 0 saturated heterocycles. The molecule has 0 radical (unpaired) electrons. The first-order valence-corrected chi connectivity index (χ1v) is 9.37. The van der Waals surface area contributed by atoms with Gasteiger partial charge in [-0.25, -0.2) is 0 Å². The first-order valence-electron chi connectivity index (χ1n) is 9.37. The molecule has 0 aromatic rings. The fraction of sp³-hybridized carbons (Fsp3) is 0.900. The van der Waals surface area contributed by atoms with E-state index in [1.807, 2.05) is 0 Å². The Balaban J connectivity index is 3.04. The zero-order valence-electron chi connectivity index (χ0n) is 14.3.